The molecule has 1 aromatic heterocycles. The van der Waals surface area contributed by atoms with Crippen LogP contribution in [0.4, 0.5) is 13.2 Å². The van der Waals surface area contributed by atoms with Crippen LogP contribution < -0.4 is 0 Å². The summed E-state index contributed by atoms with van der Waals surface area (Å²) in [5, 5.41) is 0.474. The van der Waals surface area contributed by atoms with Crippen molar-refractivity contribution >= 4 is 11.8 Å². The van der Waals surface area contributed by atoms with Crippen molar-refractivity contribution in [1.82, 2.24) is 9.97 Å². The van der Waals surface area contributed by atoms with Gasteiger partial charge in [0.15, 0.2) is 11.0 Å². The molecule has 0 saturated heterocycles. The molecule has 0 aromatic carbocycles. The Labute approximate surface area is 89.6 Å². The third kappa shape index (κ3) is 4.33. The number of allylic oxidation sites excluding steroid dienone is 1. The second-order valence-electron chi connectivity index (χ2n) is 2.74. The van der Waals surface area contributed by atoms with E-state index in [0.717, 1.165) is 17.5 Å². The molecule has 2 nitrogen and oxygen atoms in total. The Hall–Kier alpha value is -1.04. The van der Waals surface area contributed by atoms with E-state index in [-0.39, 0.29) is 12.2 Å². The van der Waals surface area contributed by atoms with Crippen molar-refractivity contribution in [2.75, 3.05) is 5.75 Å². The van der Waals surface area contributed by atoms with Gasteiger partial charge in [-0.05, 0) is 13.0 Å². The molecule has 0 unspecified atom stereocenters. The van der Waals surface area contributed by atoms with Crippen LogP contribution in [0.3, 0.4) is 0 Å². The molecule has 0 aliphatic heterocycles. The molecule has 6 heteroatoms. The maximum Gasteiger partial charge on any atom is 0.301 e. The number of nitrogens with zero attached hydrogens (tertiary/aromatic N) is 2. The van der Waals surface area contributed by atoms with Gasteiger partial charge in [0.1, 0.15) is 0 Å². The Bertz CT molecular complexity index is 364. The van der Waals surface area contributed by atoms with Crippen LogP contribution in [0, 0.1) is 6.92 Å². The number of thioether (sulfide) groups is 1. The first-order chi connectivity index (χ1) is 7.09. The smallest absolute Gasteiger partial charge is 0.231 e. The van der Waals surface area contributed by atoms with Gasteiger partial charge >= 0.3 is 6.08 Å². The molecule has 82 valence electrons. The van der Waals surface area contributed by atoms with Crippen molar-refractivity contribution < 1.29 is 13.2 Å². The largest absolute Gasteiger partial charge is 0.301 e. The first-order valence-corrected chi connectivity index (χ1v) is 5.20. The van der Waals surface area contributed by atoms with E-state index in [1.54, 1.807) is 19.2 Å². The van der Waals surface area contributed by atoms with E-state index < -0.39 is 11.9 Å². The second kappa shape index (κ2) is 5.75. The highest BCUT2D eigenvalue weighted by molar-refractivity contribution is 7.99. The van der Waals surface area contributed by atoms with Gasteiger partial charge in [-0.2, -0.15) is 8.78 Å². The molecule has 1 aromatic rings. The van der Waals surface area contributed by atoms with Gasteiger partial charge in [0, 0.05) is 24.1 Å². The third-order valence-corrected chi connectivity index (χ3v) is 2.39. The van der Waals surface area contributed by atoms with Crippen LogP contribution in [0.25, 0.3) is 0 Å². The van der Waals surface area contributed by atoms with E-state index in [9.17, 15) is 13.2 Å². The number of rotatable bonds is 4. The Balaban J connectivity index is 2.42. The molecular weight excluding hydrogens is 225 g/mol. The summed E-state index contributed by atoms with van der Waals surface area (Å²) >= 11 is 1.15. The van der Waals surface area contributed by atoms with E-state index in [1.807, 2.05) is 0 Å². The van der Waals surface area contributed by atoms with Crippen LogP contribution in [-0.4, -0.2) is 15.7 Å². The summed E-state index contributed by atoms with van der Waals surface area (Å²) in [4.78, 5) is 7.95. The molecule has 0 saturated carbocycles. The van der Waals surface area contributed by atoms with Crippen LogP contribution >= 0.6 is 11.8 Å². The predicted octanol–water partition coefficient (Wildman–Crippen LogP) is 3.34. The van der Waals surface area contributed by atoms with E-state index in [2.05, 4.69) is 9.97 Å². The molecule has 0 atom stereocenters. The van der Waals surface area contributed by atoms with Gasteiger partial charge in [-0.25, -0.2) is 14.4 Å². The fourth-order valence-electron chi connectivity index (χ4n) is 0.822. The summed E-state index contributed by atoms with van der Waals surface area (Å²) in [7, 11) is 0. The minimum atomic E-state index is -2.25. The highest BCUT2D eigenvalue weighted by atomic mass is 32.2. The normalized spacial score (nSPS) is 10.1. The molecule has 0 aliphatic carbocycles. The lowest BCUT2D eigenvalue weighted by Crippen LogP contribution is -1.90. The molecule has 0 bridgehead atoms. The average molecular weight is 234 g/mol. The van der Waals surface area contributed by atoms with Crippen molar-refractivity contribution in [2.45, 2.75) is 18.5 Å². The molecule has 0 N–H and O–H groups in total. The fourth-order valence-corrected chi connectivity index (χ4v) is 1.63. The minimum absolute atomic E-state index is 0.201. The maximum absolute atomic E-state index is 12.4. The van der Waals surface area contributed by atoms with Gasteiger partial charge in [-0.3, -0.25) is 0 Å². The molecule has 15 heavy (non-hydrogen) atoms. The summed E-state index contributed by atoms with van der Waals surface area (Å²) in [5.74, 6) is -1.16. The van der Waals surface area contributed by atoms with Crippen LogP contribution in [-0.2, 0) is 0 Å². The zero-order valence-corrected chi connectivity index (χ0v) is 8.82. The zero-order chi connectivity index (χ0) is 11.3. The summed E-state index contributed by atoms with van der Waals surface area (Å²) in [6.07, 6.45) is -0.975. The monoisotopic (exact) mass is 234 g/mol. The maximum atomic E-state index is 12.4. The predicted molar refractivity (Wildman–Crippen MR) is 52.5 cm³/mol. The molecule has 0 aliphatic rings. The molecule has 0 radical (unpaired) electrons. The highest BCUT2D eigenvalue weighted by Gasteiger charge is 2.05. The van der Waals surface area contributed by atoms with E-state index in [1.165, 1.54) is 0 Å². The summed E-state index contributed by atoms with van der Waals surface area (Å²) < 4.78 is 35.7. The second-order valence-corrected chi connectivity index (χ2v) is 3.81. The Morgan fingerprint density at radius 1 is 1.40 bits per heavy atom. The lowest BCUT2D eigenvalue weighted by Gasteiger charge is -1.99. The lowest BCUT2D eigenvalue weighted by molar-refractivity contribution is 0.373. The highest BCUT2D eigenvalue weighted by Crippen LogP contribution is 2.19. The van der Waals surface area contributed by atoms with E-state index in [0.29, 0.717) is 5.16 Å². The van der Waals surface area contributed by atoms with Crippen LogP contribution in [0.1, 0.15) is 12.1 Å². The standard InChI is InChI=1S/C9H9F3N2S/c1-6-2-4-13-9(14-6)15-5-3-7(10)8(11)12/h2,4H,3,5H2,1H3. The summed E-state index contributed by atoms with van der Waals surface area (Å²) in [6.45, 7) is 1.80. The van der Waals surface area contributed by atoms with Gasteiger partial charge < -0.3 is 0 Å². The molecule has 0 fully saturated rings. The first kappa shape index (κ1) is 12.0. The third-order valence-electron chi connectivity index (χ3n) is 1.53. The van der Waals surface area contributed by atoms with E-state index in [4.69, 9.17) is 0 Å². The Morgan fingerprint density at radius 3 is 2.73 bits per heavy atom. The SMILES string of the molecule is Cc1ccnc(SCCC(F)=C(F)F)n1. The van der Waals surface area contributed by atoms with Gasteiger partial charge in [-0.1, -0.05) is 11.8 Å². The van der Waals surface area contributed by atoms with E-state index >= 15 is 0 Å². The first-order valence-electron chi connectivity index (χ1n) is 4.21. The summed E-state index contributed by atoms with van der Waals surface area (Å²) in [5.41, 5.74) is 0.792. The van der Waals surface area contributed by atoms with Gasteiger partial charge in [-0.15, -0.1) is 0 Å². The fraction of sp³-hybridized carbons (Fsp3) is 0.333. The van der Waals surface area contributed by atoms with Crippen LogP contribution in [0.15, 0.2) is 29.3 Å². The molecule has 0 amide bonds. The topological polar surface area (TPSA) is 25.8 Å². The van der Waals surface area contributed by atoms with Gasteiger partial charge in [0.05, 0.1) is 0 Å². The molecular formula is C9H9F3N2S. The summed E-state index contributed by atoms with van der Waals surface area (Å²) in [6, 6.07) is 1.73. The number of hydrogen-bond acceptors (Lipinski definition) is 3. The zero-order valence-electron chi connectivity index (χ0n) is 8.01. The number of aromatic nitrogens is 2. The van der Waals surface area contributed by atoms with Crippen molar-refractivity contribution in [2.24, 2.45) is 0 Å². The average Bonchev–Trinajstić information content (AvgIpc) is 2.17. The quantitative estimate of drug-likeness (QED) is 0.590. The molecule has 1 heterocycles. The Morgan fingerprint density at radius 2 is 2.13 bits per heavy atom. The number of halogens is 3. The van der Waals surface area contributed by atoms with Gasteiger partial charge in [0.2, 0.25) is 0 Å². The Kier molecular flexibility index (Phi) is 4.61. The van der Waals surface area contributed by atoms with Crippen molar-refractivity contribution in [3.63, 3.8) is 0 Å². The van der Waals surface area contributed by atoms with Crippen molar-refractivity contribution in [3.8, 4) is 0 Å². The minimum Gasteiger partial charge on any atom is -0.231 e. The van der Waals surface area contributed by atoms with Gasteiger partial charge in [0.25, 0.3) is 0 Å². The van der Waals surface area contributed by atoms with Crippen LogP contribution in [0.5, 0.6) is 0 Å². The number of aryl methyl sites for hydroxylation is 1. The van der Waals surface area contributed by atoms with Crippen molar-refractivity contribution in [1.29, 1.82) is 0 Å². The van der Waals surface area contributed by atoms with Crippen molar-refractivity contribution in [3.05, 3.63) is 29.9 Å². The lowest BCUT2D eigenvalue weighted by atomic mass is 10.4. The molecule has 1 rings (SSSR count). The van der Waals surface area contributed by atoms with Crippen LogP contribution in [0.2, 0.25) is 0 Å². The number of hydrogen-bond donors (Lipinski definition) is 0. The molecule has 0 spiro atoms.